The van der Waals surface area contributed by atoms with Crippen LogP contribution in [0.1, 0.15) is 0 Å². The van der Waals surface area contributed by atoms with Crippen molar-refractivity contribution in [1.82, 2.24) is 9.80 Å². The lowest BCUT2D eigenvalue weighted by atomic mass is 10.4. The largest absolute Gasteiger partial charge is 0.378 e. The number of amides is 2. The molecule has 0 aliphatic carbocycles. The van der Waals surface area contributed by atoms with Gasteiger partial charge in [-0.2, -0.15) is 0 Å². The van der Waals surface area contributed by atoms with E-state index in [0.717, 1.165) is 0 Å². The maximum atomic E-state index is 11.7. The van der Waals surface area contributed by atoms with Crippen molar-refractivity contribution in [3.63, 3.8) is 0 Å². The average Bonchev–Trinajstić information content (AvgIpc) is 2.17. The number of carbonyl (C=O) groups is 2. The smallest absolute Gasteiger partial charge is 0.236 e. The van der Waals surface area contributed by atoms with Gasteiger partial charge in [0.05, 0.1) is 26.3 Å². The Morgan fingerprint density at radius 3 is 2.47 bits per heavy atom. The monoisotopic (exact) mass is 215 g/mol. The summed E-state index contributed by atoms with van der Waals surface area (Å²) >= 11 is 0. The minimum atomic E-state index is -0.424. The third-order valence-corrected chi connectivity index (χ3v) is 2.19. The molecule has 0 bridgehead atoms. The van der Waals surface area contributed by atoms with Crippen molar-refractivity contribution in [2.45, 2.75) is 0 Å². The molecule has 2 amide bonds. The zero-order valence-corrected chi connectivity index (χ0v) is 8.94. The Balaban J connectivity index is 2.30. The summed E-state index contributed by atoms with van der Waals surface area (Å²) in [7, 11) is 1.70. The van der Waals surface area contributed by atoms with E-state index in [1.807, 2.05) is 0 Å². The minimum absolute atomic E-state index is 0.0158. The van der Waals surface area contributed by atoms with E-state index in [1.54, 1.807) is 16.8 Å². The van der Waals surface area contributed by atoms with Crippen LogP contribution in [0.15, 0.2) is 0 Å². The second kappa shape index (κ2) is 5.67. The van der Waals surface area contributed by atoms with Crippen molar-refractivity contribution in [3.05, 3.63) is 0 Å². The highest BCUT2D eigenvalue weighted by Crippen LogP contribution is 1.98. The summed E-state index contributed by atoms with van der Waals surface area (Å²) in [6.07, 6.45) is 0. The maximum Gasteiger partial charge on any atom is 0.236 e. The van der Waals surface area contributed by atoms with Gasteiger partial charge in [0.2, 0.25) is 11.8 Å². The fraction of sp³-hybridized carbons (Fsp3) is 0.778. The summed E-state index contributed by atoms with van der Waals surface area (Å²) in [6, 6.07) is 0. The molecule has 0 unspecified atom stereocenters. The zero-order chi connectivity index (χ0) is 11.3. The van der Waals surface area contributed by atoms with E-state index in [9.17, 15) is 9.59 Å². The van der Waals surface area contributed by atoms with Crippen molar-refractivity contribution < 1.29 is 14.3 Å². The number of hydrogen-bond acceptors (Lipinski definition) is 4. The van der Waals surface area contributed by atoms with E-state index < -0.39 is 5.91 Å². The minimum Gasteiger partial charge on any atom is -0.378 e. The number of hydrogen-bond donors (Lipinski definition) is 1. The number of likely N-dealkylation sites (N-methyl/N-ethyl adjacent to an activating group) is 1. The first kappa shape index (κ1) is 11.9. The Labute approximate surface area is 88.9 Å². The summed E-state index contributed by atoms with van der Waals surface area (Å²) in [5.41, 5.74) is 5.02. The molecule has 0 radical (unpaired) electrons. The molecule has 0 spiro atoms. The number of rotatable bonds is 4. The van der Waals surface area contributed by atoms with Gasteiger partial charge in [-0.05, 0) is 7.05 Å². The van der Waals surface area contributed by atoms with Crippen molar-refractivity contribution in [3.8, 4) is 0 Å². The molecule has 1 saturated heterocycles. The molecule has 15 heavy (non-hydrogen) atoms. The van der Waals surface area contributed by atoms with Gasteiger partial charge < -0.3 is 15.4 Å². The molecule has 86 valence electrons. The van der Waals surface area contributed by atoms with Crippen LogP contribution < -0.4 is 5.73 Å². The SMILES string of the molecule is CN(CC(N)=O)CC(=O)N1CCOCC1. The first-order valence-corrected chi connectivity index (χ1v) is 4.92. The third-order valence-electron chi connectivity index (χ3n) is 2.19. The fourth-order valence-corrected chi connectivity index (χ4v) is 1.47. The average molecular weight is 215 g/mol. The number of nitrogens with two attached hydrogens (primary N) is 1. The first-order valence-electron chi connectivity index (χ1n) is 4.92. The molecule has 1 aliphatic rings. The number of carbonyl (C=O) groups excluding carboxylic acids is 2. The van der Waals surface area contributed by atoms with Gasteiger partial charge >= 0.3 is 0 Å². The number of primary amides is 1. The van der Waals surface area contributed by atoms with Crippen LogP contribution in [0.5, 0.6) is 0 Å². The van der Waals surface area contributed by atoms with Gasteiger partial charge in [0.1, 0.15) is 0 Å². The quantitative estimate of drug-likeness (QED) is 0.604. The third kappa shape index (κ3) is 4.26. The lowest BCUT2D eigenvalue weighted by Gasteiger charge is -2.28. The molecule has 6 nitrogen and oxygen atoms in total. The molecule has 1 heterocycles. The van der Waals surface area contributed by atoms with E-state index in [4.69, 9.17) is 10.5 Å². The standard InChI is InChI=1S/C9H17N3O3/c1-11(6-8(10)13)7-9(14)12-2-4-15-5-3-12/h2-7H2,1H3,(H2,10,13). The van der Waals surface area contributed by atoms with Gasteiger partial charge in [0.15, 0.2) is 0 Å². The molecule has 0 aromatic rings. The molecule has 1 fully saturated rings. The van der Waals surface area contributed by atoms with Gasteiger partial charge in [-0.15, -0.1) is 0 Å². The van der Waals surface area contributed by atoms with Crippen LogP contribution in [0.25, 0.3) is 0 Å². The predicted octanol–water partition coefficient (Wildman–Crippen LogP) is -1.74. The van der Waals surface area contributed by atoms with Crippen molar-refractivity contribution in [2.24, 2.45) is 5.73 Å². The number of nitrogens with zero attached hydrogens (tertiary/aromatic N) is 2. The number of ether oxygens (including phenoxy) is 1. The summed E-state index contributed by atoms with van der Waals surface area (Å²) in [6.45, 7) is 2.77. The Morgan fingerprint density at radius 2 is 1.93 bits per heavy atom. The van der Waals surface area contributed by atoms with Crippen LogP contribution in [0.2, 0.25) is 0 Å². The molecular weight excluding hydrogens is 198 g/mol. The Bertz CT molecular complexity index is 239. The summed E-state index contributed by atoms with van der Waals surface area (Å²) in [5.74, 6) is -0.408. The topological polar surface area (TPSA) is 75.9 Å². The van der Waals surface area contributed by atoms with Crippen LogP contribution in [0, 0.1) is 0 Å². The Kier molecular flexibility index (Phi) is 4.51. The van der Waals surface area contributed by atoms with E-state index in [0.29, 0.717) is 26.3 Å². The summed E-state index contributed by atoms with van der Waals surface area (Å²) < 4.78 is 5.14. The molecule has 1 rings (SSSR count). The van der Waals surface area contributed by atoms with Crippen LogP contribution in [0.4, 0.5) is 0 Å². The Morgan fingerprint density at radius 1 is 1.33 bits per heavy atom. The molecule has 0 aromatic carbocycles. The van der Waals surface area contributed by atoms with E-state index >= 15 is 0 Å². The van der Waals surface area contributed by atoms with Crippen LogP contribution in [-0.2, 0) is 14.3 Å². The van der Waals surface area contributed by atoms with Crippen LogP contribution in [-0.4, -0.2) is 68.1 Å². The van der Waals surface area contributed by atoms with Crippen molar-refractivity contribution >= 4 is 11.8 Å². The molecule has 6 heteroatoms. The second-order valence-electron chi connectivity index (χ2n) is 3.63. The van der Waals surface area contributed by atoms with Crippen molar-refractivity contribution in [2.75, 3.05) is 46.4 Å². The summed E-state index contributed by atoms with van der Waals surface area (Å²) in [5, 5.41) is 0. The fourth-order valence-electron chi connectivity index (χ4n) is 1.47. The van der Waals surface area contributed by atoms with Crippen LogP contribution >= 0.6 is 0 Å². The first-order chi connectivity index (χ1) is 7.09. The molecule has 2 N–H and O–H groups in total. The van der Waals surface area contributed by atoms with E-state index in [-0.39, 0.29) is 19.0 Å². The summed E-state index contributed by atoms with van der Waals surface area (Å²) in [4.78, 5) is 25.6. The normalized spacial score (nSPS) is 16.8. The molecule has 0 atom stereocenters. The number of morpholine rings is 1. The molecule has 0 saturated carbocycles. The van der Waals surface area contributed by atoms with E-state index in [1.165, 1.54) is 0 Å². The van der Waals surface area contributed by atoms with Gasteiger partial charge in [0, 0.05) is 13.1 Å². The van der Waals surface area contributed by atoms with E-state index in [2.05, 4.69) is 0 Å². The molecular formula is C9H17N3O3. The molecule has 1 aliphatic heterocycles. The van der Waals surface area contributed by atoms with Crippen molar-refractivity contribution in [1.29, 1.82) is 0 Å². The van der Waals surface area contributed by atoms with Gasteiger partial charge in [-0.3, -0.25) is 14.5 Å². The highest BCUT2D eigenvalue weighted by Gasteiger charge is 2.18. The lowest BCUT2D eigenvalue weighted by Crippen LogP contribution is -2.46. The predicted molar refractivity (Wildman–Crippen MR) is 54.1 cm³/mol. The van der Waals surface area contributed by atoms with Gasteiger partial charge in [-0.1, -0.05) is 0 Å². The van der Waals surface area contributed by atoms with Gasteiger partial charge in [0.25, 0.3) is 0 Å². The maximum absolute atomic E-state index is 11.7. The highest BCUT2D eigenvalue weighted by molar-refractivity contribution is 5.80. The second-order valence-corrected chi connectivity index (χ2v) is 3.63. The highest BCUT2D eigenvalue weighted by atomic mass is 16.5. The lowest BCUT2D eigenvalue weighted by molar-refractivity contribution is -0.136. The zero-order valence-electron chi connectivity index (χ0n) is 8.94. The molecule has 0 aromatic heterocycles. The van der Waals surface area contributed by atoms with Crippen LogP contribution in [0.3, 0.4) is 0 Å². The van der Waals surface area contributed by atoms with Gasteiger partial charge in [-0.25, -0.2) is 0 Å². The Hall–Kier alpha value is -1.14.